The van der Waals surface area contributed by atoms with Crippen molar-refractivity contribution < 1.29 is 14.3 Å². The molecule has 2 N–H and O–H groups in total. The first-order valence-corrected chi connectivity index (χ1v) is 8.55. The van der Waals surface area contributed by atoms with E-state index < -0.39 is 0 Å². The largest absolute Gasteiger partial charge is 0.488 e. The summed E-state index contributed by atoms with van der Waals surface area (Å²) in [6.45, 7) is 2.26. The highest BCUT2D eigenvalue weighted by atomic mass is 32.1. The summed E-state index contributed by atoms with van der Waals surface area (Å²) in [5.41, 5.74) is 0.895. The van der Waals surface area contributed by atoms with Crippen LogP contribution in [-0.4, -0.2) is 31.8 Å². The molecule has 3 rings (SSSR count). The molecular weight excluding hydrogens is 312 g/mol. The van der Waals surface area contributed by atoms with E-state index in [-0.39, 0.29) is 18.6 Å². The average Bonchev–Trinajstić information content (AvgIpc) is 3.26. The van der Waals surface area contributed by atoms with E-state index in [0.29, 0.717) is 13.2 Å². The van der Waals surface area contributed by atoms with Crippen molar-refractivity contribution in [1.29, 1.82) is 0 Å². The number of hydrogen-bond donors (Lipinski definition) is 2. The van der Waals surface area contributed by atoms with E-state index >= 15 is 0 Å². The van der Waals surface area contributed by atoms with Gasteiger partial charge in [0.05, 0.1) is 26.3 Å². The Morgan fingerprint density at radius 2 is 2.17 bits per heavy atom. The molecule has 5 nitrogen and oxygen atoms in total. The molecule has 0 aliphatic carbocycles. The van der Waals surface area contributed by atoms with Crippen molar-refractivity contribution in [3.8, 4) is 5.75 Å². The molecule has 1 saturated heterocycles. The molecule has 0 radical (unpaired) electrons. The van der Waals surface area contributed by atoms with Gasteiger partial charge in [0, 0.05) is 17.0 Å². The zero-order valence-corrected chi connectivity index (χ0v) is 13.6. The number of anilines is 1. The van der Waals surface area contributed by atoms with Crippen LogP contribution >= 0.6 is 11.3 Å². The van der Waals surface area contributed by atoms with Crippen LogP contribution in [0, 0.1) is 0 Å². The number of amides is 1. The number of carbonyl (C=O) groups is 1. The number of carbonyl (C=O) groups excluding carboxylic acids is 1. The Morgan fingerprint density at radius 3 is 2.87 bits per heavy atom. The first-order chi connectivity index (χ1) is 11.3. The molecule has 1 aromatic carbocycles. The van der Waals surface area contributed by atoms with Crippen LogP contribution in [0.3, 0.4) is 0 Å². The molecule has 1 atom stereocenters. The van der Waals surface area contributed by atoms with Crippen molar-refractivity contribution >= 4 is 22.9 Å². The molecule has 122 valence electrons. The lowest BCUT2D eigenvalue weighted by molar-refractivity contribution is -0.119. The van der Waals surface area contributed by atoms with Crippen LogP contribution in [0.2, 0.25) is 0 Å². The molecular formula is C17H20N2O3S. The van der Waals surface area contributed by atoms with Crippen LogP contribution in [0.5, 0.6) is 5.75 Å². The topological polar surface area (TPSA) is 59.6 Å². The molecule has 23 heavy (non-hydrogen) atoms. The Morgan fingerprint density at radius 1 is 1.30 bits per heavy atom. The first-order valence-electron chi connectivity index (χ1n) is 7.67. The maximum absolute atomic E-state index is 11.8. The minimum absolute atomic E-state index is 0.0261. The maximum atomic E-state index is 11.8. The van der Waals surface area contributed by atoms with Crippen LogP contribution < -0.4 is 15.4 Å². The SMILES string of the molecule is O=C(CNc1ccc(O[C@@H]2CCOC2)cc1)NCc1cccs1. The summed E-state index contributed by atoms with van der Waals surface area (Å²) < 4.78 is 11.1. The van der Waals surface area contributed by atoms with Crippen molar-refractivity contribution in [3.63, 3.8) is 0 Å². The first kappa shape index (κ1) is 15.8. The molecule has 0 bridgehead atoms. The van der Waals surface area contributed by atoms with Gasteiger partial charge in [-0.2, -0.15) is 0 Å². The second-order valence-corrected chi connectivity index (χ2v) is 6.37. The molecule has 1 aromatic heterocycles. The normalized spacial score (nSPS) is 17.0. The Bertz CT molecular complexity index is 607. The van der Waals surface area contributed by atoms with Crippen molar-refractivity contribution in [2.24, 2.45) is 0 Å². The lowest BCUT2D eigenvalue weighted by Crippen LogP contribution is -2.29. The average molecular weight is 332 g/mol. The van der Waals surface area contributed by atoms with Gasteiger partial charge in [-0.1, -0.05) is 6.07 Å². The third kappa shape index (κ3) is 4.97. The number of rotatable bonds is 7. The number of benzene rings is 1. The summed E-state index contributed by atoms with van der Waals surface area (Å²) in [5, 5.41) is 7.99. The molecule has 0 saturated carbocycles. The lowest BCUT2D eigenvalue weighted by Gasteiger charge is -2.12. The molecule has 6 heteroatoms. The second-order valence-electron chi connectivity index (χ2n) is 5.34. The monoisotopic (exact) mass is 332 g/mol. The molecule has 0 spiro atoms. The highest BCUT2D eigenvalue weighted by Gasteiger charge is 2.16. The van der Waals surface area contributed by atoms with Gasteiger partial charge in [-0.25, -0.2) is 0 Å². The summed E-state index contributed by atoms with van der Waals surface area (Å²) in [6, 6.07) is 11.6. The fourth-order valence-electron chi connectivity index (χ4n) is 2.29. The Balaban J connectivity index is 1.40. The second kappa shape index (κ2) is 7.99. The molecule has 2 heterocycles. The zero-order chi connectivity index (χ0) is 15.9. The fraction of sp³-hybridized carbons (Fsp3) is 0.353. The van der Waals surface area contributed by atoms with E-state index in [1.807, 2.05) is 41.8 Å². The van der Waals surface area contributed by atoms with Crippen LogP contribution in [0.4, 0.5) is 5.69 Å². The van der Waals surface area contributed by atoms with Crippen molar-refractivity contribution in [1.82, 2.24) is 5.32 Å². The summed E-state index contributed by atoms with van der Waals surface area (Å²) >= 11 is 1.64. The van der Waals surface area contributed by atoms with Gasteiger partial charge in [-0.3, -0.25) is 4.79 Å². The summed E-state index contributed by atoms with van der Waals surface area (Å²) in [7, 11) is 0. The van der Waals surface area contributed by atoms with E-state index in [9.17, 15) is 4.79 Å². The van der Waals surface area contributed by atoms with Gasteiger partial charge in [-0.15, -0.1) is 11.3 Å². The van der Waals surface area contributed by atoms with Crippen molar-refractivity contribution in [3.05, 3.63) is 46.7 Å². The third-order valence-electron chi connectivity index (χ3n) is 3.54. The summed E-state index contributed by atoms with van der Waals surface area (Å²) in [6.07, 6.45) is 1.08. The molecule has 1 aliphatic rings. The van der Waals surface area contributed by atoms with Crippen LogP contribution in [-0.2, 0) is 16.1 Å². The summed E-state index contributed by atoms with van der Waals surface area (Å²) in [4.78, 5) is 12.9. The van der Waals surface area contributed by atoms with Gasteiger partial charge in [0.15, 0.2) is 0 Å². The van der Waals surface area contributed by atoms with Gasteiger partial charge in [-0.05, 0) is 35.7 Å². The molecule has 0 unspecified atom stereocenters. The van der Waals surface area contributed by atoms with Gasteiger partial charge < -0.3 is 20.1 Å². The van der Waals surface area contributed by atoms with E-state index in [1.165, 1.54) is 0 Å². The minimum atomic E-state index is -0.0261. The predicted octanol–water partition coefficient (Wildman–Crippen LogP) is 2.64. The quantitative estimate of drug-likeness (QED) is 0.818. The van der Waals surface area contributed by atoms with Gasteiger partial charge in [0.2, 0.25) is 5.91 Å². The predicted molar refractivity (Wildman–Crippen MR) is 90.9 cm³/mol. The molecule has 2 aromatic rings. The number of nitrogens with one attached hydrogen (secondary N) is 2. The van der Waals surface area contributed by atoms with Crippen LogP contribution in [0.1, 0.15) is 11.3 Å². The van der Waals surface area contributed by atoms with Crippen molar-refractivity contribution in [2.75, 3.05) is 25.1 Å². The maximum Gasteiger partial charge on any atom is 0.239 e. The Hall–Kier alpha value is -2.05. The van der Waals surface area contributed by atoms with Crippen LogP contribution in [0.15, 0.2) is 41.8 Å². The molecule has 1 aliphatic heterocycles. The summed E-state index contributed by atoms with van der Waals surface area (Å²) in [5.74, 6) is 0.801. The standard InChI is InChI=1S/C17H20N2O3S/c20-17(19-10-16-2-1-9-23-16)11-18-13-3-5-14(6-4-13)22-15-7-8-21-12-15/h1-6,9,15,18H,7-8,10-12H2,(H,19,20)/t15-/m1/s1. The number of thiophene rings is 1. The zero-order valence-electron chi connectivity index (χ0n) is 12.8. The molecule has 1 fully saturated rings. The lowest BCUT2D eigenvalue weighted by atomic mass is 10.3. The number of hydrogen-bond acceptors (Lipinski definition) is 5. The van der Waals surface area contributed by atoms with E-state index in [2.05, 4.69) is 10.6 Å². The van der Waals surface area contributed by atoms with Gasteiger partial charge in [0.1, 0.15) is 11.9 Å². The van der Waals surface area contributed by atoms with Gasteiger partial charge in [0.25, 0.3) is 0 Å². The highest BCUT2D eigenvalue weighted by Crippen LogP contribution is 2.19. The fourth-order valence-corrected chi connectivity index (χ4v) is 2.94. The van der Waals surface area contributed by atoms with E-state index in [0.717, 1.165) is 29.3 Å². The Kier molecular flexibility index (Phi) is 5.50. The highest BCUT2D eigenvalue weighted by molar-refractivity contribution is 7.09. The minimum Gasteiger partial charge on any atom is -0.488 e. The number of ether oxygens (including phenoxy) is 2. The van der Waals surface area contributed by atoms with E-state index in [4.69, 9.17) is 9.47 Å². The van der Waals surface area contributed by atoms with E-state index in [1.54, 1.807) is 11.3 Å². The van der Waals surface area contributed by atoms with Crippen molar-refractivity contribution in [2.45, 2.75) is 19.1 Å². The van der Waals surface area contributed by atoms with Crippen LogP contribution in [0.25, 0.3) is 0 Å². The third-order valence-corrected chi connectivity index (χ3v) is 4.41. The smallest absolute Gasteiger partial charge is 0.239 e. The molecule has 1 amide bonds. The van der Waals surface area contributed by atoms with Gasteiger partial charge >= 0.3 is 0 Å². The Labute approximate surface area is 139 Å².